The zero-order valence-corrected chi connectivity index (χ0v) is 30.3. The highest BCUT2D eigenvalue weighted by Crippen LogP contribution is 2.34. The summed E-state index contributed by atoms with van der Waals surface area (Å²) < 4.78 is 44.2. The largest absolute Gasteiger partial charge is 0.497 e. The number of aryl methyl sites for hydroxylation is 1. The van der Waals surface area contributed by atoms with Crippen molar-refractivity contribution in [2.75, 3.05) is 43.9 Å². The number of carbonyl (C=O) groups is 2. The molecule has 0 spiro atoms. The van der Waals surface area contributed by atoms with Crippen LogP contribution < -0.4 is 13.8 Å². The van der Waals surface area contributed by atoms with Gasteiger partial charge in [-0.3, -0.25) is 9.59 Å². The van der Waals surface area contributed by atoms with E-state index in [0.717, 1.165) is 49.5 Å². The molecule has 4 aromatic rings. The fourth-order valence-corrected chi connectivity index (χ4v) is 6.66. The van der Waals surface area contributed by atoms with Crippen molar-refractivity contribution in [3.8, 4) is 11.5 Å². The number of rotatable bonds is 20. The lowest BCUT2D eigenvalue weighted by Crippen LogP contribution is -2.36. The van der Waals surface area contributed by atoms with Crippen LogP contribution in [0.1, 0.15) is 97.8 Å². The van der Waals surface area contributed by atoms with E-state index < -0.39 is 15.9 Å². The number of hydrogen-bond acceptors (Lipinski definition) is 8. The zero-order chi connectivity index (χ0) is 35.4. The second-order valence-electron chi connectivity index (χ2n) is 12.3. The summed E-state index contributed by atoms with van der Waals surface area (Å²) in [6.45, 7) is 10.3. The number of anilines is 1. The Hall–Kier alpha value is -4.15. The Balaban J connectivity index is 1.58. The van der Waals surface area contributed by atoms with Gasteiger partial charge < -0.3 is 18.8 Å². The number of unbranched alkanes of at least 4 members (excludes halogenated alkanes) is 3. The Morgan fingerprint density at radius 1 is 0.755 bits per heavy atom. The molecule has 0 aliphatic heterocycles. The van der Waals surface area contributed by atoms with Crippen LogP contribution >= 0.6 is 0 Å². The number of hydrogen-bond donors (Lipinski definition) is 0. The molecule has 9 nitrogen and oxygen atoms in total. The second-order valence-corrected chi connectivity index (χ2v) is 14.2. The Labute approximate surface area is 291 Å². The minimum atomic E-state index is -4.05. The quantitative estimate of drug-likeness (QED) is 0.0674. The first kappa shape index (κ1) is 37.7. The predicted molar refractivity (Wildman–Crippen MR) is 196 cm³/mol. The number of carbonyl (C=O) groups excluding carboxylic acids is 2. The van der Waals surface area contributed by atoms with Crippen molar-refractivity contribution in [1.82, 2.24) is 4.90 Å². The normalized spacial score (nSPS) is 11.6. The maximum absolute atomic E-state index is 14.1. The van der Waals surface area contributed by atoms with Crippen molar-refractivity contribution < 1.29 is 31.9 Å². The van der Waals surface area contributed by atoms with E-state index in [9.17, 15) is 18.0 Å². The number of fused-ring (bicyclic) bond motifs is 1. The molecule has 264 valence electrons. The van der Waals surface area contributed by atoms with Crippen molar-refractivity contribution >= 4 is 38.4 Å². The Kier molecular flexibility index (Phi) is 13.8. The number of benzene rings is 3. The molecule has 1 amide bonds. The van der Waals surface area contributed by atoms with Crippen LogP contribution in [0.4, 0.5) is 5.69 Å². The third kappa shape index (κ3) is 9.95. The number of amides is 1. The predicted octanol–water partition coefficient (Wildman–Crippen LogP) is 8.29. The van der Waals surface area contributed by atoms with Gasteiger partial charge in [0.05, 0.1) is 31.2 Å². The molecular weight excluding hydrogens is 641 g/mol. The van der Waals surface area contributed by atoms with Crippen LogP contribution in [-0.2, 0) is 16.4 Å². The maximum Gasteiger partial charge on any atom is 0.272 e. The van der Waals surface area contributed by atoms with E-state index in [0.29, 0.717) is 52.4 Å². The summed E-state index contributed by atoms with van der Waals surface area (Å²) >= 11 is 0. The van der Waals surface area contributed by atoms with E-state index in [-0.39, 0.29) is 17.0 Å². The number of ketones is 1. The number of ether oxygens (including phenoxy) is 2. The summed E-state index contributed by atoms with van der Waals surface area (Å²) in [6.07, 6.45) is 8.91. The highest BCUT2D eigenvalue weighted by Gasteiger charge is 2.29. The van der Waals surface area contributed by atoms with Crippen LogP contribution in [0.2, 0.25) is 0 Å². The fraction of sp³-hybridized carbons (Fsp3) is 0.436. The molecule has 0 unspecified atom stereocenters. The first-order valence-electron chi connectivity index (χ1n) is 17.3. The summed E-state index contributed by atoms with van der Waals surface area (Å²) in [5.41, 5.74) is 1.54. The highest BCUT2D eigenvalue weighted by molar-refractivity contribution is 7.92. The minimum Gasteiger partial charge on any atom is -0.497 e. The first-order chi connectivity index (χ1) is 23.6. The summed E-state index contributed by atoms with van der Waals surface area (Å²) in [5, 5.41) is 0.445. The van der Waals surface area contributed by atoms with Gasteiger partial charge in [-0.25, -0.2) is 12.7 Å². The van der Waals surface area contributed by atoms with Crippen molar-refractivity contribution in [1.29, 1.82) is 0 Å². The van der Waals surface area contributed by atoms with E-state index in [2.05, 4.69) is 25.7 Å². The molecule has 0 N–H and O–H groups in total. The lowest BCUT2D eigenvalue weighted by molar-refractivity contribution is 0.100. The van der Waals surface area contributed by atoms with E-state index in [1.54, 1.807) is 48.5 Å². The van der Waals surface area contributed by atoms with E-state index in [4.69, 9.17) is 13.9 Å². The van der Waals surface area contributed by atoms with Gasteiger partial charge >= 0.3 is 0 Å². The van der Waals surface area contributed by atoms with E-state index >= 15 is 0 Å². The molecule has 0 aliphatic rings. The van der Waals surface area contributed by atoms with E-state index in [1.165, 1.54) is 51.0 Å². The number of furan rings is 1. The van der Waals surface area contributed by atoms with Crippen molar-refractivity contribution in [3.63, 3.8) is 0 Å². The van der Waals surface area contributed by atoms with Crippen LogP contribution in [0.3, 0.4) is 0 Å². The molecule has 3 aromatic carbocycles. The molecule has 0 saturated heterocycles. The summed E-state index contributed by atoms with van der Waals surface area (Å²) in [7, 11) is -2.54. The maximum atomic E-state index is 14.1. The topological polar surface area (TPSA) is 106 Å². The van der Waals surface area contributed by atoms with Crippen LogP contribution in [0.25, 0.3) is 11.0 Å². The molecule has 0 saturated carbocycles. The molecule has 0 radical (unpaired) electrons. The number of nitrogens with zero attached hydrogens (tertiary/aromatic N) is 2. The lowest BCUT2D eigenvalue weighted by Gasteiger charge is -2.21. The summed E-state index contributed by atoms with van der Waals surface area (Å²) in [4.78, 5) is 30.2. The highest BCUT2D eigenvalue weighted by atomic mass is 32.2. The van der Waals surface area contributed by atoms with Gasteiger partial charge in [-0.05, 0) is 106 Å². The molecule has 10 heteroatoms. The molecule has 0 atom stereocenters. The Morgan fingerprint density at radius 3 is 1.94 bits per heavy atom. The van der Waals surface area contributed by atoms with Crippen molar-refractivity contribution in [2.24, 2.45) is 0 Å². The van der Waals surface area contributed by atoms with Gasteiger partial charge in [0, 0.05) is 29.5 Å². The fourth-order valence-electron chi connectivity index (χ4n) is 5.76. The van der Waals surface area contributed by atoms with Crippen LogP contribution in [-0.4, -0.2) is 64.6 Å². The molecule has 49 heavy (non-hydrogen) atoms. The van der Waals surface area contributed by atoms with Gasteiger partial charge in [-0.1, -0.05) is 40.0 Å². The van der Waals surface area contributed by atoms with Gasteiger partial charge in [0.1, 0.15) is 22.8 Å². The molecule has 1 heterocycles. The van der Waals surface area contributed by atoms with Gasteiger partial charge in [0.15, 0.2) is 5.78 Å². The first-order valence-corrected chi connectivity index (χ1v) is 19.2. The van der Waals surface area contributed by atoms with Gasteiger partial charge in [0.25, 0.3) is 5.91 Å². The SMILES string of the molecule is CCCCc1oc2ccc(N(C(=O)c3ccc(OC)cc3)S(C)(=O)=O)cc2c1C(=O)c1ccc(OCCCN(CCCC)CCCC)cc1. The number of sulfonamides is 1. The van der Waals surface area contributed by atoms with Crippen molar-refractivity contribution in [2.45, 2.75) is 72.1 Å². The smallest absolute Gasteiger partial charge is 0.272 e. The van der Waals surface area contributed by atoms with Gasteiger partial charge in [-0.15, -0.1) is 0 Å². The van der Waals surface area contributed by atoms with Crippen LogP contribution in [0.5, 0.6) is 11.5 Å². The zero-order valence-electron chi connectivity index (χ0n) is 29.5. The number of methoxy groups -OCH3 is 1. The molecule has 0 bridgehead atoms. The Bertz CT molecular complexity index is 1770. The third-order valence-electron chi connectivity index (χ3n) is 8.48. The van der Waals surface area contributed by atoms with Crippen LogP contribution in [0, 0.1) is 0 Å². The average molecular weight is 691 g/mol. The molecule has 1 aromatic heterocycles. The summed E-state index contributed by atoms with van der Waals surface area (Å²) in [6, 6.07) is 18.0. The summed E-state index contributed by atoms with van der Waals surface area (Å²) in [5.74, 6) is 0.788. The third-order valence-corrected chi connectivity index (χ3v) is 9.52. The molecule has 0 aliphatic carbocycles. The molecule has 0 fully saturated rings. The molecule has 4 rings (SSSR count). The minimum absolute atomic E-state index is 0.111. The second kappa shape index (κ2) is 18.0. The average Bonchev–Trinajstić information content (AvgIpc) is 3.46. The molecular formula is C39H50N2O7S. The van der Waals surface area contributed by atoms with Gasteiger partial charge in [0.2, 0.25) is 10.0 Å². The lowest BCUT2D eigenvalue weighted by atomic mass is 9.98. The Morgan fingerprint density at radius 2 is 1.35 bits per heavy atom. The standard InChI is InChI=1S/C39H50N2O7S/c1-6-9-13-36-37(38(42)29-14-21-33(22-15-29)47-27-12-26-40(24-10-7-2)25-11-8-3)34-28-31(18-23-35(34)48-36)41(49(5,44)45)39(43)30-16-19-32(46-4)20-17-30/h14-23,28H,6-13,24-27H2,1-5H3. The van der Waals surface area contributed by atoms with E-state index in [1.807, 2.05) is 0 Å². The van der Waals surface area contributed by atoms with Crippen LogP contribution in [0.15, 0.2) is 71.1 Å². The van der Waals surface area contributed by atoms with Crippen molar-refractivity contribution in [3.05, 3.63) is 89.2 Å². The monoisotopic (exact) mass is 690 g/mol. The van der Waals surface area contributed by atoms with Gasteiger partial charge in [-0.2, -0.15) is 0 Å².